The first-order chi connectivity index (χ1) is 49.1. The smallest absolute Gasteiger partial charge is 2.00 e. The fourth-order valence-electron chi connectivity index (χ4n) is 11.4. The van der Waals surface area contributed by atoms with Gasteiger partial charge in [-0.3, -0.25) is 19.9 Å². The molecule has 12 rings (SSSR count). The van der Waals surface area contributed by atoms with Gasteiger partial charge in [0.1, 0.15) is 0 Å². The third-order valence-electron chi connectivity index (χ3n) is 15.5. The molecule has 0 atom stereocenters. The van der Waals surface area contributed by atoms with Crippen molar-refractivity contribution in [2.75, 3.05) is 0 Å². The number of pyridine rings is 8. The number of nitriles is 2. The van der Waals surface area contributed by atoms with Crippen LogP contribution in [0.1, 0.15) is 141 Å². The molecule has 0 aliphatic carbocycles. The number of fused-ring (bicyclic) bond motifs is 12. The van der Waals surface area contributed by atoms with Gasteiger partial charge in [-0.15, -0.1) is 0 Å². The molecule has 0 aliphatic rings. The Morgan fingerprint density at radius 1 is 0.264 bits per heavy atom. The van der Waals surface area contributed by atoms with E-state index in [2.05, 4.69) is 149 Å². The number of rotatable bonds is 16. The van der Waals surface area contributed by atoms with Crippen molar-refractivity contribution in [3.05, 3.63) is 193 Å². The molecule has 8 heterocycles. The van der Waals surface area contributed by atoms with E-state index < -0.39 is 31.2 Å². The van der Waals surface area contributed by atoms with Gasteiger partial charge in [0.25, 0.3) is 0 Å². The van der Waals surface area contributed by atoms with Crippen LogP contribution in [0.2, 0.25) is 0 Å². The first kappa shape index (κ1) is 96.4. The van der Waals surface area contributed by atoms with E-state index in [9.17, 15) is 101 Å². The number of unbranched alkanes of at least 4 members (excludes halogenated alkanes) is 4. The Hall–Kier alpha value is -7.78. The Kier molecular flexibility index (Phi) is 29.4. The van der Waals surface area contributed by atoms with Gasteiger partial charge in [-0.1, -0.05) is 176 Å². The third kappa shape index (κ3) is 34.9. The molecular weight excluding hydrogens is 1690 g/mol. The number of halogens is 24. The predicted octanol–water partition coefficient (Wildman–Crippen LogP) is 31.7. The third-order valence-corrected chi connectivity index (χ3v) is 15.5. The first-order valence-electron chi connectivity index (χ1n) is 32.6. The maximum atomic E-state index is 9.87. The summed E-state index contributed by atoms with van der Waals surface area (Å²) in [4.78, 5) is 40.4. The number of hydrogen-bond acceptors (Lipinski definition) is 10. The molecule has 4 aromatic carbocycles. The second-order valence-corrected chi connectivity index (χ2v) is 32.2. The van der Waals surface area contributed by atoms with E-state index in [1.54, 1.807) is 12.1 Å². The van der Waals surface area contributed by atoms with Gasteiger partial charge in [0.05, 0.1) is 89.9 Å². The summed E-state index contributed by atoms with van der Waals surface area (Å²) in [7, 11) is -42.6. The number of nitrogens with zero attached hydrogens (tertiary/aromatic N) is 10. The average Bonchev–Trinajstić information content (AvgIpc) is 0.744. The molecule has 0 aliphatic heterocycles. The summed E-state index contributed by atoms with van der Waals surface area (Å²) in [6, 6.07) is 54.9. The van der Waals surface area contributed by atoms with Gasteiger partial charge in [0.2, 0.25) is 0 Å². The van der Waals surface area contributed by atoms with Crippen molar-refractivity contribution in [3.63, 3.8) is 0 Å². The van der Waals surface area contributed by atoms with Crippen molar-refractivity contribution in [1.29, 1.82) is 10.5 Å². The minimum Gasteiger partial charge on any atom is 2.00 e. The second kappa shape index (κ2) is 33.5. The summed E-state index contributed by atoms with van der Waals surface area (Å²) in [6.45, 7) is 11.9. The molecule has 610 valence electrons. The Balaban J connectivity index is 0.000000398. The molecule has 10 nitrogen and oxygen atoms in total. The topological polar surface area (TPSA) is 151 Å². The average molecular weight is 1760 g/mol. The van der Waals surface area contributed by atoms with Crippen molar-refractivity contribution in [1.82, 2.24) is 39.9 Å². The van der Waals surface area contributed by atoms with Crippen molar-refractivity contribution >= 4 is 118 Å². The molecule has 0 unspecified atom stereocenters. The van der Waals surface area contributed by atoms with E-state index in [0.717, 1.165) is 187 Å². The van der Waals surface area contributed by atoms with Crippen molar-refractivity contribution in [2.45, 2.75) is 129 Å². The molecule has 110 heavy (non-hydrogen) atoms. The number of aromatic nitrogens is 8. The van der Waals surface area contributed by atoms with Gasteiger partial charge in [-0.25, -0.2) is 19.9 Å². The first-order valence-corrected chi connectivity index (χ1v) is 40.7. The Labute approximate surface area is 635 Å². The van der Waals surface area contributed by atoms with E-state index in [4.69, 9.17) is 50.4 Å². The Morgan fingerprint density at radius 2 is 0.400 bits per heavy atom. The molecular formula is C70H70Cu2F24N10P4. The minimum absolute atomic E-state index is 0. The minimum atomic E-state index is -10.7. The van der Waals surface area contributed by atoms with Crippen LogP contribution in [0, 0.1) is 22.7 Å². The van der Waals surface area contributed by atoms with E-state index in [1.807, 2.05) is 49.1 Å². The van der Waals surface area contributed by atoms with E-state index in [-0.39, 0.29) is 45.0 Å². The summed E-state index contributed by atoms with van der Waals surface area (Å²) >= 11 is 0. The quantitative estimate of drug-likeness (QED) is 0.0396. The molecule has 8 aromatic heterocycles. The summed E-state index contributed by atoms with van der Waals surface area (Å²) in [5.41, 5.74) is 11.6. The van der Waals surface area contributed by atoms with Crippen LogP contribution in [0.5, 0.6) is 0 Å². The number of benzene rings is 4. The Morgan fingerprint density at radius 3 is 0.545 bits per heavy atom. The largest absolute Gasteiger partial charge is 2.00 e. The van der Waals surface area contributed by atoms with Crippen LogP contribution >= 0.6 is 31.2 Å². The van der Waals surface area contributed by atoms with Gasteiger partial charge in [0, 0.05) is 81.7 Å². The molecule has 0 amide bonds. The van der Waals surface area contributed by atoms with Crippen LogP contribution in [-0.4, -0.2) is 39.9 Å². The Bertz CT molecular complexity index is 4580. The molecule has 0 fully saturated rings. The zero-order valence-electron chi connectivity index (χ0n) is 58.6. The van der Waals surface area contributed by atoms with Crippen LogP contribution in [0.15, 0.2) is 170 Å². The molecule has 0 bridgehead atoms. The van der Waals surface area contributed by atoms with Crippen LogP contribution in [0.25, 0.3) is 87.2 Å². The van der Waals surface area contributed by atoms with E-state index in [0.29, 0.717) is 0 Å². The second-order valence-electron chi connectivity index (χ2n) is 24.5. The van der Waals surface area contributed by atoms with Crippen molar-refractivity contribution in [3.8, 4) is 12.1 Å². The van der Waals surface area contributed by atoms with Crippen molar-refractivity contribution in [2.24, 2.45) is 0 Å². The standard InChI is InChI=1S/2C33H32N4.2C2H3N.2Cu.4F6P/c2*1-3-5-19-33(20-6-4-2,27-17-15-25-13-11-23-9-7-21-34-29(23)31(25)36-27)28-18-16-26-14-12-24-10-8-22-35-30(24)32(26)37-28;2*1-2-3;;;4*1-7(2,3,4,5)6/h2*7-18,21-22H,3-6,19-20H2,1-2H3;2*1H3;;;;;;/q;;;;2*+2;4*-1. The molecule has 0 saturated carbocycles. The van der Waals surface area contributed by atoms with Gasteiger partial charge in [-0.2, -0.15) is 10.5 Å². The maximum absolute atomic E-state index is 10.7. The van der Waals surface area contributed by atoms with Crippen LogP contribution < -0.4 is 0 Å². The normalized spacial score (nSPS) is 14.2. The summed E-state index contributed by atoms with van der Waals surface area (Å²) in [5, 5.41) is 23.6. The maximum Gasteiger partial charge on any atom is 2.00 e. The predicted molar refractivity (Wildman–Crippen MR) is 385 cm³/mol. The molecule has 12 aromatic rings. The van der Waals surface area contributed by atoms with E-state index >= 15 is 0 Å². The summed E-state index contributed by atoms with van der Waals surface area (Å²) in [6.07, 6.45) is 20.5. The van der Waals surface area contributed by atoms with Crippen LogP contribution in [0.4, 0.5) is 101 Å². The zero-order chi connectivity index (χ0) is 81.5. The number of hydrogen-bond donors (Lipinski definition) is 0. The van der Waals surface area contributed by atoms with Gasteiger partial charge < -0.3 is 0 Å². The molecule has 0 saturated heterocycles. The molecule has 0 N–H and O–H groups in total. The fourth-order valence-corrected chi connectivity index (χ4v) is 11.4. The molecule has 0 spiro atoms. The fraction of sp³-hybridized carbons (Fsp3) is 0.286. The van der Waals surface area contributed by atoms with Crippen LogP contribution in [-0.2, 0) is 45.0 Å². The van der Waals surface area contributed by atoms with Gasteiger partial charge in [-0.05, 0) is 74.2 Å². The zero-order valence-corrected chi connectivity index (χ0v) is 64.0. The van der Waals surface area contributed by atoms with E-state index in [1.165, 1.54) is 13.8 Å². The summed E-state index contributed by atoms with van der Waals surface area (Å²) < 4.78 is 237. The molecule has 2 radical (unpaired) electrons. The van der Waals surface area contributed by atoms with Gasteiger partial charge >= 0.3 is 166 Å². The summed E-state index contributed by atoms with van der Waals surface area (Å²) in [5.74, 6) is 0. The SMILES string of the molecule is CC#N.CC#N.CCCCC(CCCC)(c1ccc2ccc3cccnc3c2n1)c1ccc2ccc3cccnc3c2n1.CCCCC(CCCC)(c1ccc2ccc3cccnc3c2n1)c1ccc2ccc3cccnc3c2n1.F[P-](F)(F)(F)(F)F.F[P-](F)(F)(F)(F)F.F[P-](F)(F)(F)(F)F.F[P-](F)(F)(F)(F)F.[Cu+2].[Cu+2]. The van der Waals surface area contributed by atoms with Crippen LogP contribution in [0.3, 0.4) is 0 Å². The molecule has 40 heteroatoms. The van der Waals surface area contributed by atoms with Gasteiger partial charge in [0.15, 0.2) is 0 Å². The van der Waals surface area contributed by atoms with Crippen molar-refractivity contribution < 1.29 is 135 Å². The monoisotopic (exact) mass is 1760 g/mol.